The lowest BCUT2D eigenvalue weighted by Gasteiger charge is -2.49. The van der Waals surface area contributed by atoms with Crippen molar-refractivity contribution >= 4 is 27.3 Å². The normalized spacial score (nSPS) is 31.5. The van der Waals surface area contributed by atoms with Crippen molar-refractivity contribution in [3.63, 3.8) is 0 Å². The smallest absolute Gasteiger partial charge is 0.251 e. The van der Waals surface area contributed by atoms with Gasteiger partial charge in [-0.05, 0) is 73.8 Å². The van der Waals surface area contributed by atoms with Crippen LogP contribution in [-0.2, 0) is 0 Å². The van der Waals surface area contributed by atoms with Gasteiger partial charge in [-0.2, -0.15) is 0 Å². The van der Waals surface area contributed by atoms with Crippen LogP contribution in [0.1, 0.15) is 30.1 Å². The number of thiophene rings is 1. The van der Waals surface area contributed by atoms with Gasteiger partial charge in [0.1, 0.15) is 0 Å². The van der Waals surface area contributed by atoms with E-state index in [2.05, 4.69) is 34.7 Å². The summed E-state index contributed by atoms with van der Waals surface area (Å²) >= 11 is 1.72. The highest BCUT2D eigenvalue weighted by Gasteiger charge is 2.40. The summed E-state index contributed by atoms with van der Waals surface area (Å²) in [6.45, 7) is 4.64. The molecule has 2 aromatic rings. The number of hydrogen-bond donors (Lipinski definition) is 1. The van der Waals surface area contributed by atoms with Gasteiger partial charge in [0.25, 0.3) is 5.91 Å². The molecular formula is C17H20N2OS. The summed E-state index contributed by atoms with van der Waals surface area (Å²) in [7, 11) is 0. The summed E-state index contributed by atoms with van der Waals surface area (Å²) in [5.41, 5.74) is 0.782. The fourth-order valence-electron chi connectivity index (χ4n) is 3.89. The zero-order chi connectivity index (χ0) is 14.4. The zero-order valence-corrected chi connectivity index (χ0v) is 13.0. The summed E-state index contributed by atoms with van der Waals surface area (Å²) < 4.78 is 1.24. The fourth-order valence-corrected chi connectivity index (χ4v) is 4.66. The fraction of sp³-hybridized carbons (Fsp3) is 0.471. The maximum atomic E-state index is 12.6. The van der Waals surface area contributed by atoms with E-state index in [4.69, 9.17) is 0 Å². The van der Waals surface area contributed by atoms with Gasteiger partial charge in [-0.3, -0.25) is 9.69 Å². The number of carbonyl (C=O) groups excluding carboxylic acids is 1. The Labute approximate surface area is 128 Å². The van der Waals surface area contributed by atoms with Gasteiger partial charge in [-0.1, -0.05) is 0 Å². The van der Waals surface area contributed by atoms with Crippen LogP contribution in [0.25, 0.3) is 10.1 Å². The minimum atomic E-state index is 0.0775. The van der Waals surface area contributed by atoms with Gasteiger partial charge >= 0.3 is 0 Å². The molecule has 1 aromatic carbocycles. The van der Waals surface area contributed by atoms with E-state index in [0.29, 0.717) is 18.0 Å². The lowest BCUT2D eigenvalue weighted by atomic mass is 9.79. The molecule has 3 saturated heterocycles. The molecule has 0 saturated carbocycles. The molecule has 1 aromatic heterocycles. The lowest BCUT2D eigenvalue weighted by Crippen LogP contribution is -2.62. The van der Waals surface area contributed by atoms with Crippen molar-refractivity contribution in [1.29, 1.82) is 0 Å². The minimum absolute atomic E-state index is 0.0775. The van der Waals surface area contributed by atoms with Crippen LogP contribution < -0.4 is 5.32 Å². The molecular weight excluding hydrogens is 280 g/mol. The first-order valence-electron chi connectivity index (χ1n) is 7.74. The number of hydrogen-bond acceptors (Lipinski definition) is 3. The highest BCUT2D eigenvalue weighted by molar-refractivity contribution is 7.17. The molecule has 110 valence electrons. The van der Waals surface area contributed by atoms with Gasteiger partial charge < -0.3 is 5.32 Å². The first kappa shape index (κ1) is 13.3. The molecule has 5 rings (SSSR count). The van der Waals surface area contributed by atoms with Gasteiger partial charge in [-0.25, -0.2) is 0 Å². The largest absolute Gasteiger partial charge is 0.347 e. The van der Waals surface area contributed by atoms with E-state index in [1.165, 1.54) is 30.6 Å². The molecule has 0 spiro atoms. The maximum Gasteiger partial charge on any atom is 0.251 e. The van der Waals surface area contributed by atoms with E-state index < -0.39 is 0 Å². The minimum Gasteiger partial charge on any atom is -0.347 e. The van der Waals surface area contributed by atoms with Gasteiger partial charge in [0.2, 0.25) is 0 Å². The standard InChI is InChI=1S/C17H20N2OS/c1-11-16(12-4-7-19(11)8-5-12)18-17(20)14-2-3-15-13(10-14)6-9-21-15/h2-3,6,9-12,16H,4-5,7-8H2,1H3,(H,18,20)/t11-,16+/m1/s1. The summed E-state index contributed by atoms with van der Waals surface area (Å²) in [5.74, 6) is 0.729. The summed E-state index contributed by atoms with van der Waals surface area (Å²) in [4.78, 5) is 15.1. The van der Waals surface area contributed by atoms with Crippen LogP contribution in [0.3, 0.4) is 0 Å². The van der Waals surface area contributed by atoms with E-state index in [1.54, 1.807) is 11.3 Å². The first-order chi connectivity index (χ1) is 10.2. The summed E-state index contributed by atoms with van der Waals surface area (Å²) in [6, 6.07) is 8.85. The second-order valence-electron chi connectivity index (χ2n) is 6.29. The SMILES string of the molecule is C[C@@H]1[C@H](NC(=O)c2ccc3sccc3c2)C2CCN1CC2. The molecule has 3 nitrogen and oxygen atoms in total. The van der Waals surface area contributed by atoms with Crippen LogP contribution in [0.5, 0.6) is 0 Å². The highest BCUT2D eigenvalue weighted by Crippen LogP contribution is 2.32. The summed E-state index contributed by atoms with van der Waals surface area (Å²) in [5, 5.41) is 6.53. The van der Waals surface area contributed by atoms with Crippen LogP contribution in [0.15, 0.2) is 29.6 Å². The zero-order valence-electron chi connectivity index (χ0n) is 12.2. The Balaban J connectivity index is 1.54. The van der Waals surface area contributed by atoms with E-state index in [1.807, 2.05) is 12.1 Å². The molecule has 1 N–H and O–H groups in total. The van der Waals surface area contributed by atoms with E-state index in [0.717, 1.165) is 10.9 Å². The van der Waals surface area contributed by atoms with Gasteiger partial charge in [-0.15, -0.1) is 11.3 Å². The third-order valence-corrected chi connectivity index (χ3v) is 6.09. The number of amides is 1. The predicted molar refractivity (Wildman–Crippen MR) is 86.8 cm³/mol. The average molecular weight is 300 g/mol. The third kappa shape index (κ3) is 2.27. The number of nitrogens with zero attached hydrogens (tertiary/aromatic N) is 1. The Kier molecular flexibility index (Phi) is 3.23. The molecule has 0 radical (unpaired) electrons. The lowest BCUT2D eigenvalue weighted by molar-refractivity contribution is 0.0217. The van der Waals surface area contributed by atoms with Crippen LogP contribution in [0, 0.1) is 5.92 Å². The Hall–Kier alpha value is -1.39. The highest BCUT2D eigenvalue weighted by atomic mass is 32.1. The van der Waals surface area contributed by atoms with Gasteiger partial charge in [0.05, 0.1) is 0 Å². The number of piperidine rings is 3. The number of benzene rings is 1. The van der Waals surface area contributed by atoms with E-state index in [-0.39, 0.29) is 5.91 Å². The second kappa shape index (κ2) is 5.11. The van der Waals surface area contributed by atoms with Crippen LogP contribution >= 0.6 is 11.3 Å². The number of rotatable bonds is 2. The third-order valence-electron chi connectivity index (χ3n) is 5.19. The quantitative estimate of drug-likeness (QED) is 0.924. The Morgan fingerprint density at radius 2 is 2.10 bits per heavy atom. The Morgan fingerprint density at radius 3 is 2.86 bits per heavy atom. The molecule has 0 aliphatic carbocycles. The average Bonchev–Trinajstić information content (AvgIpc) is 2.98. The van der Waals surface area contributed by atoms with Crippen molar-refractivity contribution in [3.05, 3.63) is 35.2 Å². The molecule has 4 heterocycles. The van der Waals surface area contributed by atoms with Crippen molar-refractivity contribution in [1.82, 2.24) is 10.2 Å². The van der Waals surface area contributed by atoms with Crippen molar-refractivity contribution in [3.8, 4) is 0 Å². The molecule has 3 aliphatic rings. The van der Waals surface area contributed by atoms with Crippen molar-refractivity contribution in [2.24, 2.45) is 5.92 Å². The van der Waals surface area contributed by atoms with Gasteiger partial charge in [0, 0.05) is 22.3 Å². The molecule has 3 fully saturated rings. The molecule has 2 atom stereocenters. The van der Waals surface area contributed by atoms with Crippen molar-refractivity contribution < 1.29 is 4.79 Å². The van der Waals surface area contributed by atoms with Gasteiger partial charge in [0.15, 0.2) is 0 Å². The Morgan fingerprint density at radius 1 is 1.29 bits per heavy atom. The maximum absolute atomic E-state index is 12.6. The number of fused-ring (bicyclic) bond motifs is 4. The first-order valence-corrected chi connectivity index (χ1v) is 8.62. The monoisotopic (exact) mass is 300 g/mol. The topological polar surface area (TPSA) is 32.3 Å². The molecule has 2 bridgehead atoms. The second-order valence-corrected chi connectivity index (χ2v) is 7.23. The van der Waals surface area contributed by atoms with Crippen LogP contribution in [0.2, 0.25) is 0 Å². The van der Waals surface area contributed by atoms with E-state index >= 15 is 0 Å². The molecule has 1 amide bonds. The van der Waals surface area contributed by atoms with E-state index in [9.17, 15) is 4.79 Å². The molecule has 0 unspecified atom stereocenters. The molecule has 21 heavy (non-hydrogen) atoms. The molecule has 4 heteroatoms. The number of carbonyl (C=O) groups is 1. The van der Waals surface area contributed by atoms with Crippen molar-refractivity contribution in [2.75, 3.05) is 13.1 Å². The van der Waals surface area contributed by atoms with Crippen LogP contribution in [0.4, 0.5) is 0 Å². The molecule has 3 aliphatic heterocycles. The van der Waals surface area contributed by atoms with Crippen LogP contribution in [-0.4, -0.2) is 36.0 Å². The van der Waals surface area contributed by atoms with Crippen molar-refractivity contribution in [2.45, 2.75) is 31.8 Å². The predicted octanol–water partition coefficient (Wildman–Crippen LogP) is 3.11. The summed E-state index contributed by atoms with van der Waals surface area (Å²) in [6.07, 6.45) is 2.44. The number of nitrogens with one attached hydrogen (secondary N) is 1. The Bertz CT molecular complexity index is 670.